The topological polar surface area (TPSA) is 84.3 Å². The van der Waals surface area contributed by atoms with E-state index in [1.54, 1.807) is 23.8 Å². The van der Waals surface area contributed by atoms with Gasteiger partial charge in [-0.3, -0.25) is 4.57 Å². The van der Waals surface area contributed by atoms with Gasteiger partial charge in [-0.25, -0.2) is 9.59 Å². The third kappa shape index (κ3) is 2.47. The standard InChI is InChI=1S/C15H18N2O4/c1-21-8-7-15(5-6-15)9-17-11-4-2-3-10(13(18)19)12(11)16-14(17)20/h2-4H,5-9H2,1H3,(H,16,20)(H,18,19). The van der Waals surface area contributed by atoms with Crippen LogP contribution in [0.5, 0.6) is 0 Å². The number of methoxy groups -OCH3 is 1. The molecule has 0 radical (unpaired) electrons. The van der Waals surface area contributed by atoms with E-state index in [-0.39, 0.29) is 16.7 Å². The summed E-state index contributed by atoms with van der Waals surface area (Å²) in [6, 6.07) is 4.96. The molecule has 1 fully saturated rings. The van der Waals surface area contributed by atoms with E-state index in [4.69, 9.17) is 4.74 Å². The predicted octanol–water partition coefficient (Wildman–Crippen LogP) is 1.84. The van der Waals surface area contributed by atoms with Gasteiger partial charge < -0.3 is 14.8 Å². The molecule has 0 aliphatic heterocycles. The second-order valence-corrected chi connectivity index (χ2v) is 5.76. The fourth-order valence-corrected chi connectivity index (χ4v) is 2.83. The summed E-state index contributed by atoms with van der Waals surface area (Å²) in [5.41, 5.74) is 1.06. The van der Waals surface area contributed by atoms with Gasteiger partial charge in [0, 0.05) is 20.3 Å². The highest BCUT2D eigenvalue weighted by atomic mass is 16.5. The fraction of sp³-hybridized carbons (Fsp3) is 0.467. The number of imidazole rings is 1. The van der Waals surface area contributed by atoms with Gasteiger partial charge in [0.2, 0.25) is 0 Å². The Morgan fingerprint density at radius 1 is 1.48 bits per heavy atom. The molecule has 2 N–H and O–H groups in total. The van der Waals surface area contributed by atoms with E-state index in [9.17, 15) is 14.7 Å². The summed E-state index contributed by atoms with van der Waals surface area (Å²) in [5, 5.41) is 9.20. The van der Waals surface area contributed by atoms with Crippen molar-refractivity contribution < 1.29 is 14.6 Å². The lowest BCUT2D eigenvalue weighted by atomic mass is 10.0. The zero-order chi connectivity index (χ0) is 15.0. The van der Waals surface area contributed by atoms with E-state index in [0.717, 1.165) is 19.3 Å². The van der Waals surface area contributed by atoms with Crippen molar-refractivity contribution in [2.45, 2.75) is 25.8 Å². The van der Waals surface area contributed by atoms with Crippen molar-refractivity contribution in [1.29, 1.82) is 0 Å². The van der Waals surface area contributed by atoms with E-state index in [1.807, 2.05) is 0 Å². The summed E-state index contributed by atoms with van der Waals surface area (Å²) in [5.74, 6) is -1.03. The molecular formula is C15H18N2O4. The maximum atomic E-state index is 12.2. The van der Waals surface area contributed by atoms with Crippen LogP contribution in [0.1, 0.15) is 29.6 Å². The Balaban J connectivity index is 2.00. The molecule has 6 nitrogen and oxygen atoms in total. The average molecular weight is 290 g/mol. The molecule has 3 rings (SSSR count). The van der Waals surface area contributed by atoms with Gasteiger partial charge in [0.1, 0.15) is 0 Å². The highest BCUT2D eigenvalue weighted by Gasteiger charge is 2.43. The Labute approximate surface area is 121 Å². The van der Waals surface area contributed by atoms with Gasteiger partial charge in [-0.1, -0.05) is 6.07 Å². The summed E-state index contributed by atoms with van der Waals surface area (Å²) in [6.07, 6.45) is 3.07. The van der Waals surface area contributed by atoms with Gasteiger partial charge in [-0.05, 0) is 36.8 Å². The highest BCUT2D eigenvalue weighted by Crippen LogP contribution is 2.50. The number of carbonyl (C=O) groups is 1. The Morgan fingerprint density at radius 3 is 2.86 bits per heavy atom. The summed E-state index contributed by atoms with van der Waals surface area (Å²) in [6.45, 7) is 1.29. The van der Waals surface area contributed by atoms with Crippen LogP contribution in [-0.2, 0) is 11.3 Å². The second kappa shape index (κ2) is 5.04. The lowest BCUT2D eigenvalue weighted by Crippen LogP contribution is -2.23. The number of carboxylic acid groups (broad SMARTS) is 1. The number of fused-ring (bicyclic) bond motifs is 1. The smallest absolute Gasteiger partial charge is 0.337 e. The van der Waals surface area contributed by atoms with Crippen molar-refractivity contribution in [1.82, 2.24) is 9.55 Å². The van der Waals surface area contributed by atoms with Crippen molar-refractivity contribution in [2.24, 2.45) is 5.41 Å². The molecule has 6 heteroatoms. The van der Waals surface area contributed by atoms with E-state index in [1.165, 1.54) is 6.07 Å². The molecule has 0 bridgehead atoms. The monoisotopic (exact) mass is 290 g/mol. The van der Waals surface area contributed by atoms with Gasteiger partial charge >= 0.3 is 11.7 Å². The van der Waals surface area contributed by atoms with Crippen molar-refractivity contribution in [2.75, 3.05) is 13.7 Å². The molecule has 1 aromatic carbocycles. The van der Waals surface area contributed by atoms with E-state index < -0.39 is 5.97 Å². The number of nitrogens with zero attached hydrogens (tertiary/aromatic N) is 1. The van der Waals surface area contributed by atoms with E-state index >= 15 is 0 Å². The summed E-state index contributed by atoms with van der Waals surface area (Å²) < 4.78 is 6.79. The Bertz CT molecular complexity index is 740. The minimum absolute atomic E-state index is 0.119. The van der Waals surface area contributed by atoms with Crippen molar-refractivity contribution >= 4 is 17.0 Å². The van der Waals surface area contributed by atoms with Crippen LogP contribution in [0.4, 0.5) is 0 Å². The Morgan fingerprint density at radius 2 is 2.24 bits per heavy atom. The highest BCUT2D eigenvalue weighted by molar-refractivity contribution is 6.00. The van der Waals surface area contributed by atoms with Crippen LogP contribution in [0.2, 0.25) is 0 Å². The van der Waals surface area contributed by atoms with Crippen LogP contribution in [0.25, 0.3) is 11.0 Å². The van der Waals surface area contributed by atoms with Gasteiger partial charge in [-0.2, -0.15) is 0 Å². The molecule has 0 saturated heterocycles. The fourth-order valence-electron chi connectivity index (χ4n) is 2.83. The van der Waals surface area contributed by atoms with Crippen LogP contribution < -0.4 is 5.69 Å². The Kier molecular flexibility index (Phi) is 3.33. The van der Waals surface area contributed by atoms with Crippen molar-refractivity contribution in [3.63, 3.8) is 0 Å². The molecule has 112 valence electrons. The maximum Gasteiger partial charge on any atom is 0.337 e. The molecule has 0 atom stereocenters. The first kappa shape index (κ1) is 13.9. The molecule has 1 aromatic heterocycles. The molecule has 1 aliphatic carbocycles. The van der Waals surface area contributed by atoms with Crippen LogP contribution in [-0.4, -0.2) is 34.3 Å². The maximum absolute atomic E-state index is 12.2. The number of carboxylic acids is 1. The SMILES string of the molecule is COCCC1(Cn2c(=O)[nH]c3c(C(=O)O)cccc32)CC1. The van der Waals surface area contributed by atoms with E-state index in [0.29, 0.717) is 24.2 Å². The third-order valence-corrected chi connectivity index (χ3v) is 4.33. The summed E-state index contributed by atoms with van der Waals surface area (Å²) >= 11 is 0. The molecule has 1 heterocycles. The largest absolute Gasteiger partial charge is 0.478 e. The molecule has 2 aromatic rings. The number of H-pyrrole nitrogens is 1. The van der Waals surface area contributed by atoms with Gasteiger partial charge in [0.05, 0.1) is 16.6 Å². The number of para-hydroxylation sites is 1. The summed E-state index contributed by atoms with van der Waals surface area (Å²) in [4.78, 5) is 26.1. The number of aromatic carboxylic acids is 1. The number of nitrogens with one attached hydrogen (secondary N) is 1. The number of rotatable bonds is 6. The van der Waals surface area contributed by atoms with Gasteiger partial charge in [-0.15, -0.1) is 0 Å². The predicted molar refractivity (Wildman–Crippen MR) is 77.7 cm³/mol. The average Bonchev–Trinajstić information content (AvgIpc) is 3.15. The Hall–Kier alpha value is -2.08. The number of hydrogen-bond acceptors (Lipinski definition) is 3. The minimum atomic E-state index is -1.03. The number of aromatic nitrogens is 2. The normalized spacial score (nSPS) is 16.2. The molecule has 0 amide bonds. The number of hydrogen-bond donors (Lipinski definition) is 2. The summed E-state index contributed by atoms with van der Waals surface area (Å²) in [7, 11) is 1.67. The lowest BCUT2D eigenvalue weighted by molar-refractivity contribution is 0.0699. The third-order valence-electron chi connectivity index (χ3n) is 4.33. The molecule has 1 aliphatic rings. The number of aromatic amines is 1. The van der Waals surface area contributed by atoms with Crippen LogP contribution in [0.15, 0.2) is 23.0 Å². The van der Waals surface area contributed by atoms with Crippen LogP contribution in [0.3, 0.4) is 0 Å². The van der Waals surface area contributed by atoms with Crippen molar-refractivity contribution in [3.8, 4) is 0 Å². The zero-order valence-electron chi connectivity index (χ0n) is 11.9. The number of ether oxygens (including phenoxy) is 1. The first-order valence-corrected chi connectivity index (χ1v) is 7.00. The second-order valence-electron chi connectivity index (χ2n) is 5.76. The van der Waals surface area contributed by atoms with Gasteiger partial charge in [0.25, 0.3) is 0 Å². The molecule has 0 spiro atoms. The van der Waals surface area contributed by atoms with Gasteiger partial charge in [0.15, 0.2) is 0 Å². The molecular weight excluding hydrogens is 272 g/mol. The minimum Gasteiger partial charge on any atom is -0.478 e. The first-order valence-electron chi connectivity index (χ1n) is 7.00. The molecule has 1 saturated carbocycles. The number of benzene rings is 1. The van der Waals surface area contributed by atoms with Crippen LogP contribution in [0, 0.1) is 5.41 Å². The first-order chi connectivity index (χ1) is 10.1. The van der Waals surface area contributed by atoms with Crippen LogP contribution >= 0.6 is 0 Å². The zero-order valence-corrected chi connectivity index (χ0v) is 11.9. The van der Waals surface area contributed by atoms with Crippen molar-refractivity contribution in [3.05, 3.63) is 34.2 Å². The molecule has 21 heavy (non-hydrogen) atoms. The quantitative estimate of drug-likeness (QED) is 0.850. The molecule has 0 unspecified atom stereocenters. The lowest BCUT2D eigenvalue weighted by Gasteiger charge is -2.15. The van der Waals surface area contributed by atoms with E-state index in [2.05, 4.69) is 4.98 Å².